The van der Waals surface area contributed by atoms with Gasteiger partial charge in [0.1, 0.15) is 18.3 Å². The SMILES string of the molecule is Cc1cc2nc3c(=O)[nH]c(=O)nc-3n(C[C@@H](O)[C@@H](O)[C@@H](O)COP(=O)(O)O)c2cc1C.O.O. The van der Waals surface area contributed by atoms with Crippen LogP contribution in [0.25, 0.3) is 22.6 Å². The second-order valence-corrected chi connectivity index (χ2v) is 8.34. The van der Waals surface area contributed by atoms with Crippen LogP contribution in [0.1, 0.15) is 11.1 Å². The zero-order valence-electron chi connectivity index (χ0n) is 17.5. The summed E-state index contributed by atoms with van der Waals surface area (Å²) in [5.74, 6) is -0.142. The minimum atomic E-state index is -4.89. The van der Waals surface area contributed by atoms with E-state index >= 15 is 0 Å². The molecule has 1 aromatic carbocycles. The van der Waals surface area contributed by atoms with E-state index < -0.39 is 50.5 Å². The molecule has 2 aliphatic rings. The predicted octanol–water partition coefficient (Wildman–Crippen LogP) is -3.26. The molecule has 0 radical (unpaired) electrons. The average molecular weight is 492 g/mol. The number of hydrogen-bond acceptors (Lipinski definition) is 9. The van der Waals surface area contributed by atoms with Gasteiger partial charge in [-0.1, -0.05) is 0 Å². The Bertz CT molecular complexity index is 1250. The summed E-state index contributed by atoms with van der Waals surface area (Å²) in [6.07, 6.45) is -5.40. The van der Waals surface area contributed by atoms with Crippen molar-refractivity contribution in [3.8, 4) is 11.5 Å². The van der Waals surface area contributed by atoms with Crippen molar-refractivity contribution in [2.75, 3.05) is 6.61 Å². The summed E-state index contributed by atoms with van der Waals surface area (Å²) in [6, 6.07) is 3.41. The summed E-state index contributed by atoms with van der Waals surface area (Å²) in [5.41, 5.74) is 0.618. The number of phosphoric ester groups is 1. The van der Waals surface area contributed by atoms with Gasteiger partial charge in [0, 0.05) is 0 Å². The van der Waals surface area contributed by atoms with Crippen LogP contribution in [0.15, 0.2) is 21.7 Å². The number of phosphoric acid groups is 1. The van der Waals surface area contributed by atoms with Crippen molar-refractivity contribution in [2.24, 2.45) is 0 Å². The van der Waals surface area contributed by atoms with Gasteiger partial charge in [0.2, 0.25) is 0 Å². The van der Waals surface area contributed by atoms with Gasteiger partial charge >= 0.3 is 13.5 Å². The molecule has 0 bridgehead atoms. The van der Waals surface area contributed by atoms with Gasteiger partial charge in [-0.05, 0) is 37.1 Å². The highest BCUT2D eigenvalue weighted by Gasteiger charge is 2.29. The van der Waals surface area contributed by atoms with Crippen LogP contribution in [0.2, 0.25) is 0 Å². The molecule has 0 aliphatic carbocycles. The lowest BCUT2D eigenvalue weighted by Crippen LogP contribution is -2.42. The Morgan fingerprint density at radius 2 is 1.67 bits per heavy atom. The van der Waals surface area contributed by atoms with Crippen LogP contribution >= 0.6 is 7.82 Å². The molecular formula is C17H25N4O11P. The largest absolute Gasteiger partial charge is 0.469 e. The molecular weight excluding hydrogens is 467 g/mol. The van der Waals surface area contributed by atoms with Crippen LogP contribution in [-0.2, 0) is 15.6 Å². The quantitative estimate of drug-likeness (QED) is 0.141. The van der Waals surface area contributed by atoms with Gasteiger partial charge in [0.05, 0.1) is 24.2 Å². The van der Waals surface area contributed by atoms with E-state index in [1.54, 1.807) is 12.1 Å². The predicted molar refractivity (Wildman–Crippen MR) is 114 cm³/mol. The number of rotatable bonds is 7. The molecule has 0 saturated carbocycles. The molecule has 0 fully saturated rings. The highest BCUT2D eigenvalue weighted by atomic mass is 31.2. The van der Waals surface area contributed by atoms with Crippen molar-refractivity contribution in [1.29, 1.82) is 0 Å². The number of hydrogen-bond donors (Lipinski definition) is 6. The molecule has 16 heteroatoms. The molecule has 1 aromatic rings. The second-order valence-electron chi connectivity index (χ2n) is 7.10. The Morgan fingerprint density at radius 1 is 1.06 bits per heavy atom. The number of aliphatic hydroxyl groups is 3. The van der Waals surface area contributed by atoms with E-state index in [1.807, 2.05) is 18.8 Å². The van der Waals surface area contributed by atoms with Crippen LogP contribution in [-0.4, -0.2) is 80.5 Å². The molecule has 0 aromatic heterocycles. The molecule has 0 unspecified atom stereocenters. The van der Waals surface area contributed by atoms with E-state index in [0.29, 0.717) is 11.0 Å². The lowest BCUT2D eigenvalue weighted by Gasteiger charge is -2.25. The summed E-state index contributed by atoms with van der Waals surface area (Å²) >= 11 is 0. The van der Waals surface area contributed by atoms with E-state index in [2.05, 4.69) is 14.5 Å². The highest BCUT2D eigenvalue weighted by Crippen LogP contribution is 2.36. The Hall–Kier alpha value is -2.59. The molecule has 3 atom stereocenters. The normalized spacial score (nSPS) is 14.4. The average Bonchev–Trinajstić information content (AvgIpc) is 2.67. The van der Waals surface area contributed by atoms with Crippen molar-refractivity contribution in [1.82, 2.24) is 19.5 Å². The monoisotopic (exact) mass is 492 g/mol. The topological polar surface area (TPSA) is 271 Å². The van der Waals surface area contributed by atoms with E-state index in [9.17, 15) is 29.5 Å². The number of aromatic nitrogens is 4. The maximum atomic E-state index is 12.2. The zero-order valence-corrected chi connectivity index (χ0v) is 18.4. The van der Waals surface area contributed by atoms with E-state index in [1.165, 1.54) is 4.57 Å². The summed E-state index contributed by atoms with van der Waals surface area (Å²) in [4.78, 5) is 51.5. The van der Waals surface area contributed by atoms with E-state index in [4.69, 9.17) is 9.79 Å². The van der Waals surface area contributed by atoms with Gasteiger partial charge in [-0.15, -0.1) is 0 Å². The van der Waals surface area contributed by atoms with Crippen molar-refractivity contribution < 1.29 is 45.1 Å². The molecule has 3 rings (SSSR count). The smallest absolute Gasteiger partial charge is 0.412 e. The third kappa shape index (κ3) is 6.26. The number of aliphatic hydroxyl groups excluding tert-OH is 3. The number of fused-ring (bicyclic) bond motifs is 2. The molecule has 15 nitrogen and oxygen atoms in total. The standard InChI is InChI=1S/C17H21N4O9P.2H2O/c1-7-3-9-10(4-8(7)2)21(15-13(18-9)16(25)20-17(26)19-15)5-11(22)14(24)12(23)6-30-31(27,28)29;;/h3-4,11-12,14,22-24H,5-6H2,1-2H3,(H,20,25,26)(H2,27,28,29);2*1H2/t11-,12+,14-;;/m1../s1. The van der Waals surface area contributed by atoms with Crippen LogP contribution in [0.4, 0.5) is 0 Å². The number of aryl methyl sites for hydroxylation is 2. The Morgan fingerprint density at radius 3 is 2.27 bits per heavy atom. The summed E-state index contributed by atoms with van der Waals surface area (Å²) in [5, 5.41) is 30.5. The van der Waals surface area contributed by atoms with E-state index in [0.717, 1.165) is 11.1 Å². The number of nitrogens with one attached hydrogen (secondary N) is 1. The Kier molecular flexibility index (Phi) is 9.10. The van der Waals surface area contributed by atoms with Crippen LogP contribution < -0.4 is 11.2 Å². The van der Waals surface area contributed by atoms with Crippen LogP contribution in [0.5, 0.6) is 0 Å². The molecule has 0 saturated heterocycles. The Labute approximate surface area is 185 Å². The summed E-state index contributed by atoms with van der Waals surface area (Å²) in [6.45, 7) is 2.29. The first-order valence-electron chi connectivity index (χ1n) is 9.03. The molecule has 0 amide bonds. The molecule has 184 valence electrons. The summed E-state index contributed by atoms with van der Waals surface area (Å²) in [7, 11) is -4.89. The third-order valence-electron chi connectivity index (χ3n) is 4.80. The number of H-pyrrole nitrogens is 1. The van der Waals surface area contributed by atoms with Gasteiger partial charge in [0.25, 0.3) is 5.56 Å². The number of benzene rings is 1. The minimum absolute atomic E-state index is 0. The molecule has 0 spiro atoms. The lowest BCUT2D eigenvalue weighted by atomic mass is 10.1. The molecule has 2 aliphatic heterocycles. The lowest BCUT2D eigenvalue weighted by molar-refractivity contribution is -0.0793. The highest BCUT2D eigenvalue weighted by molar-refractivity contribution is 7.46. The molecule has 10 N–H and O–H groups in total. The van der Waals surface area contributed by atoms with Gasteiger partial charge in [-0.3, -0.25) is 14.3 Å². The molecule has 33 heavy (non-hydrogen) atoms. The fourth-order valence-electron chi connectivity index (χ4n) is 3.06. The van der Waals surface area contributed by atoms with Crippen molar-refractivity contribution in [3.05, 3.63) is 44.1 Å². The number of aromatic amines is 1. The first-order chi connectivity index (χ1) is 14.4. The van der Waals surface area contributed by atoms with Gasteiger partial charge < -0.3 is 40.6 Å². The fraction of sp³-hybridized carbons (Fsp3) is 0.412. The van der Waals surface area contributed by atoms with Gasteiger partial charge in [0.15, 0.2) is 11.5 Å². The summed E-state index contributed by atoms with van der Waals surface area (Å²) < 4.78 is 16.2. The second kappa shape index (κ2) is 10.6. The minimum Gasteiger partial charge on any atom is -0.412 e. The molecule has 2 heterocycles. The van der Waals surface area contributed by atoms with Crippen molar-refractivity contribution in [2.45, 2.75) is 38.7 Å². The van der Waals surface area contributed by atoms with E-state index in [-0.39, 0.29) is 22.5 Å². The first-order valence-corrected chi connectivity index (χ1v) is 10.6. The number of nitrogens with zero attached hydrogens (tertiary/aromatic N) is 3. The first kappa shape index (κ1) is 28.4. The van der Waals surface area contributed by atoms with Crippen molar-refractivity contribution >= 4 is 18.9 Å². The zero-order chi connectivity index (χ0) is 23.1. The maximum absolute atomic E-state index is 12.2. The van der Waals surface area contributed by atoms with Crippen LogP contribution in [0, 0.1) is 13.8 Å². The van der Waals surface area contributed by atoms with Gasteiger partial charge in [-0.25, -0.2) is 14.3 Å². The van der Waals surface area contributed by atoms with Gasteiger partial charge in [-0.2, -0.15) is 4.98 Å². The fourth-order valence-corrected chi connectivity index (χ4v) is 3.41. The van der Waals surface area contributed by atoms with Crippen molar-refractivity contribution in [3.63, 3.8) is 0 Å². The van der Waals surface area contributed by atoms with Crippen LogP contribution in [0.3, 0.4) is 0 Å². The Balaban J connectivity index is 0.00000272. The maximum Gasteiger partial charge on any atom is 0.469 e. The third-order valence-corrected chi connectivity index (χ3v) is 5.28.